The summed E-state index contributed by atoms with van der Waals surface area (Å²) in [6, 6.07) is 1.24. The van der Waals surface area contributed by atoms with Gasteiger partial charge in [0.1, 0.15) is 17.7 Å². The quantitative estimate of drug-likeness (QED) is 0.523. The lowest BCUT2D eigenvalue weighted by Gasteiger charge is -2.16. The molecule has 5 nitrogen and oxygen atoms in total. The van der Waals surface area contributed by atoms with Crippen molar-refractivity contribution in [1.82, 2.24) is 0 Å². The van der Waals surface area contributed by atoms with Crippen LogP contribution < -0.4 is 11.5 Å². The second kappa shape index (κ2) is 4.42. The van der Waals surface area contributed by atoms with Gasteiger partial charge in [0.05, 0.1) is 5.69 Å². The van der Waals surface area contributed by atoms with E-state index in [2.05, 4.69) is 0 Å². The summed E-state index contributed by atoms with van der Waals surface area (Å²) in [6.45, 7) is 0. The van der Waals surface area contributed by atoms with Crippen LogP contribution in [0, 0.1) is 11.6 Å². The zero-order chi connectivity index (χ0) is 12.5. The Hall–Kier alpha value is -1.73. The SMILES string of the molecule is NC(=O)C(O)C(O)c1cc(N)c(F)cc1F. The number of aliphatic hydroxyl groups is 2. The fourth-order valence-corrected chi connectivity index (χ4v) is 1.14. The normalized spacial score (nSPS) is 14.5. The summed E-state index contributed by atoms with van der Waals surface area (Å²) in [5.41, 5.74) is 8.96. The van der Waals surface area contributed by atoms with Crippen LogP contribution in [0.15, 0.2) is 12.1 Å². The van der Waals surface area contributed by atoms with Crippen LogP contribution in [-0.2, 0) is 4.79 Å². The van der Waals surface area contributed by atoms with Gasteiger partial charge in [-0.15, -0.1) is 0 Å². The molecule has 1 rings (SSSR count). The van der Waals surface area contributed by atoms with Gasteiger partial charge in [-0.2, -0.15) is 0 Å². The minimum absolute atomic E-state index is 0.410. The first-order chi connectivity index (χ1) is 7.34. The summed E-state index contributed by atoms with van der Waals surface area (Å²) < 4.78 is 26.0. The Morgan fingerprint density at radius 2 is 1.81 bits per heavy atom. The number of hydrogen-bond acceptors (Lipinski definition) is 4. The second-order valence-electron chi connectivity index (χ2n) is 3.19. The zero-order valence-corrected chi connectivity index (χ0v) is 8.02. The van der Waals surface area contributed by atoms with E-state index in [1.165, 1.54) is 0 Å². The number of hydrogen-bond donors (Lipinski definition) is 4. The number of rotatable bonds is 3. The molecule has 2 atom stereocenters. The molecule has 0 radical (unpaired) electrons. The third-order valence-corrected chi connectivity index (χ3v) is 2.03. The van der Waals surface area contributed by atoms with Crippen LogP contribution >= 0.6 is 0 Å². The molecule has 88 valence electrons. The van der Waals surface area contributed by atoms with E-state index in [0.717, 1.165) is 6.07 Å². The molecule has 7 heteroatoms. The van der Waals surface area contributed by atoms with E-state index in [0.29, 0.717) is 6.07 Å². The molecule has 0 aliphatic carbocycles. The molecule has 1 amide bonds. The van der Waals surface area contributed by atoms with Crippen molar-refractivity contribution >= 4 is 11.6 Å². The number of nitrogen functional groups attached to an aromatic ring is 1. The van der Waals surface area contributed by atoms with Gasteiger partial charge >= 0.3 is 0 Å². The zero-order valence-electron chi connectivity index (χ0n) is 8.02. The molecule has 1 aromatic carbocycles. The molecule has 0 aliphatic heterocycles. The van der Waals surface area contributed by atoms with Gasteiger partial charge in [0.15, 0.2) is 6.10 Å². The molecule has 0 bridgehead atoms. The number of primary amides is 1. The van der Waals surface area contributed by atoms with Gasteiger partial charge in [-0.25, -0.2) is 8.78 Å². The number of amides is 1. The Balaban J connectivity index is 3.13. The molecule has 6 N–H and O–H groups in total. The maximum atomic E-state index is 13.2. The summed E-state index contributed by atoms with van der Waals surface area (Å²) in [7, 11) is 0. The number of carbonyl (C=O) groups is 1. The Morgan fingerprint density at radius 1 is 1.25 bits per heavy atom. The van der Waals surface area contributed by atoms with Gasteiger partial charge in [0, 0.05) is 11.6 Å². The molecule has 0 fully saturated rings. The van der Waals surface area contributed by atoms with Gasteiger partial charge in [-0.3, -0.25) is 4.79 Å². The molecule has 0 spiro atoms. The number of aliphatic hydroxyl groups excluding tert-OH is 2. The van der Waals surface area contributed by atoms with Crippen molar-refractivity contribution in [3.63, 3.8) is 0 Å². The standard InChI is InChI=1S/C9H10F2N2O3/c10-4-2-5(11)6(12)1-3(4)7(14)8(15)9(13)16/h1-2,7-8,14-15H,12H2,(H2,13,16). The smallest absolute Gasteiger partial charge is 0.249 e. The number of nitrogens with two attached hydrogens (primary N) is 2. The molecule has 0 aromatic heterocycles. The lowest BCUT2D eigenvalue weighted by Crippen LogP contribution is -2.34. The van der Waals surface area contributed by atoms with Crippen molar-refractivity contribution in [2.75, 3.05) is 5.73 Å². The summed E-state index contributed by atoms with van der Waals surface area (Å²) >= 11 is 0. The lowest BCUT2D eigenvalue weighted by molar-refractivity contribution is -0.132. The van der Waals surface area contributed by atoms with Crippen molar-refractivity contribution in [2.45, 2.75) is 12.2 Å². The molecule has 1 aromatic rings. The van der Waals surface area contributed by atoms with E-state index >= 15 is 0 Å². The third kappa shape index (κ3) is 2.26. The minimum atomic E-state index is -1.99. The summed E-state index contributed by atoms with van der Waals surface area (Å²) in [5, 5.41) is 18.5. The Kier molecular flexibility index (Phi) is 3.41. The third-order valence-electron chi connectivity index (χ3n) is 2.03. The molecule has 16 heavy (non-hydrogen) atoms. The predicted octanol–water partition coefficient (Wildman–Crippen LogP) is -0.573. The first-order valence-corrected chi connectivity index (χ1v) is 4.24. The van der Waals surface area contributed by atoms with E-state index in [1.54, 1.807) is 0 Å². The van der Waals surface area contributed by atoms with Crippen molar-refractivity contribution < 1.29 is 23.8 Å². The highest BCUT2D eigenvalue weighted by atomic mass is 19.1. The molecule has 0 saturated carbocycles. The van der Waals surface area contributed by atoms with Gasteiger partial charge in [0.2, 0.25) is 5.91 Å². The van der Waals surface area contributed by atoms with Gasteiger partial charge in [-0.05, 0) is 6.07 Å². The second-order valence-corrected chi connectivity index (χ2v) is 3.19. The number of anilines is 1. The Bertz CT molecular complexity index is 425. The van der Waals surface area contributed by atoms with Gasteiger partial charge in [0.25, 0.3) is 0 Å². The highest BCUT2D eigenvalue weighted by Crippen LogP contribution is 2.24. The van der Waals surface area contributed by atoms with E-state index < -0.39 is 41.0 Å². The van der Waals surface area contributed by atoms with Crippen LogP contribution in [-0.4, -0.2) is 22.2 Å². The van der Waals surface area contributed by atoms with Gasteiger partial charge in [-0.1, -0.05) is 0 Å². The molecular formula is C9H10F2N2O3. The van der Waals surface area contributed by atoms with Gasteiger partial charge < -0.3 is 21.7 Å². The average molecular weight is 232 g/mol. The van der Waals surface area contributed by atoms with E-state index in [9.17, 15) is 18.7 Å². The van der Waals surface area contributed by atoms with Crippen LogP contribution in [0.4, 0.5) is 14.5 Å². The monoisotopic (exact) mass is 232 g/mol. The fraction of sp³-hybridized carbons (Fsp3) is 0.222. The lowest BCUT2D eigenvalue weighted by atomic mass is 10.0. The van der Waals surface area contributed by atoms with Crippen LogP contribution in [0.3, 0.4) is 0 Å². The first kappa shape index (κ1) is 12.3. The van der Waals surface area contributed by atoms with Crippen molar-refractivity contribution in [3.8, 4) is 0 Å². The average Bonchev–Trinajstić information content (AvgIpc) is 2.21. The Morgan fingerprint density at radius 3 is 2.31 bits per heavy atom. The van der Waals surface area contributed by atoms with Crippen molar-refractivity contribution in [1.29, 1.82) is 0 Å². The maximum absolute atomic E-state index is 13.2. The van der Waals surface area contributed by atoms with Crippen LogP contribution in [0.1, 0.15) is 11.7 Å². The number of carbonyl (C=O) groups excluding carboxylic acids is 1. The molecular weight excluding hydrogens is 222 g/mol. The Labute approximate surface area is 89.3 Å². The fourth-order valence-electron chi connectivity index (χ4n) is 1.14. The summed E-state index contributed by atoms with van der Waals surface area (Å²) in [4.78, 5) is 10.6. The van der Waals surface area contributed by atoms with Crippen molar-refractivity contribution in [2.24, 2.45) is 5.73 Å². The van der Waals surface area contributed by atoms with Crippen LogP contribution in [0.25, 0.3) is 0 Å². The topological polar surface area (TPSA) is 110 Å². The van der Waals surface area contributed by atoms with E-state index in [-0.39, 0.29) is 0 Å². The van der Waals surface area contributed by atoms with Crippen LogP contribution in [0.5, 0.6) is 0 Å². The van der Waals surface area contributed by atoms with Crippen molar-refractivity contribution in [3.05, 3.63) is 29.3 Å². The molecule has 2 unspecified atom stereocenters. The number of halogens is 2. The van der Waals surface area contributed by atoms with E-state index in [1.807, 2.05) is 0 Å². The van der Waals surface area contributed by atoms with Crippen LogP contribution in [0.2, 0.25) is 0 Å². The molecule has 0 aliphatic rings. The highest BCUT2D eigenvalue weighted by molar-refractivity contribution is 5.79. The van der Waals surface area contributed by atoms with E-state index in [4.69, 9.17) is 16.6 Å². The minimum Gasteiger partial charge on any atom is -0.396 e. The summed E-state index contributed by atoms with van der Waals surface area (Å²) in [5.74, 6) is -3.35. The predicted molar refractivity (Wildman–Crippen MR) is 50.9 cm³/mol. The molecule has 0 heterocycles. The maximum Gasteiger partial charge on any atom is 0.249 e. The molecule has 0 saturated heterocycles. The number of benzene rings is 1. The largest absolute Gasteiger partial charge is 0.396 e. The first-order valence-electron chi connectivity index (χ1n) is 4.24. The highest BCUT2D eigenvalue weighted by Gasteiger charge is 2.26. The summed E-state index contributed by atoms with van der Waals surface area (Å²) in [6.07, 6.45) is -3.88.